The summed E-state index contributed by atoms with van der Waals surface area (Å²) in [5, 5.41) is 9.33. The Labute approximate surface area is 60.0 Å². The van der Waals surface area contributed by atoms with Gasteiger partial charge in [0.25, 0.3) is 0 Å². The summed E-state index contributed by atoms with van der Waals surface area (Å²) in [6, 6.07) is 0. The van der Waals surface area contributed by atoms with E-state index in [4.69, 9.17) is 5.73 Å². The maximum absolute atomic E-state index is 10.8. The smallest absolute Gasteiger partial charge is 0.153 e. The van der Waals surface area contributed by atoms with E-state index < -0.39 is 15.4 Å². The van der Waals surface area contributed by atoms with Crippen LogP contribution in [0, 0.1) is 0 Å². The van der Waals surface area contributed by atoms with E-state index >= 15 is 0 Å². The van der Waals surface area contributed by atoms with Crippen LogP contribution < -0.4 is 5.73 Å². The Morgan fingerprint density at radius 3 is 2.40 bits per heavy atom. The minimum absolute atomic E-state index is 0.0340. The maximum atomic E-state index is 10.8. The summed E-state index contributed by atoms with van der Waals surface area (Å²) in [5.41, 5.74) is 4.03. The molecule has 1 rings (SSSR count). The van der Waals surface area contributed by atoms with Gasteiger partial charge in [0.2, 0.25) is 0 Å². The molecule has 0 aliphatic carbocycles. The van der Waals surface area contributed by atoms with E-state index in [-0.39, 0.29) is 24.5 Å². The molecule has 5 heteroatoms. The number of hydrogen-bond donors (Lipinski definition) is 2. The normalized spacial score (nSPS) is 38.2. The first-order valence-electron chi connectivity index (χ1n) is 3.10. The molecule has 0 aromatic rings. The first-order chi connectivity index (χ1) is 4.47. The van der Waals surface area contributed by atoms with Crippen LogP contribution in [0.3, 0.4) is 0 Å². The van der Waals surface area contributed by atoms with Gasteiger partial charge in [0.05, 0.1) is 17.1 Å². The number of nitrogens with two attached hydrogens (primary N) is 1. The van der Waals surface area contributed by atoms with Gasteiger partial charge >= 0.3 is 0 Å². The average molecular weight is 165 g/mol. The van der Waals surface area contributed by atoms with Crippen LogP contribution in [0.5, 0.6) is 0 Å². The van der Waals surface area contributed by atoms with Crippen molar-refractivity contribution in [2.24, 2.45) is 5.73 Å². The van der Waals surface area contributed by atoms with Crippen LogP contribution in [0.2, 0.25) is 0 Å². The van der Waals surface area contributed by atoms with Gasteiger partial charge in [0.1, 0.15) is 0 Å². The fraction of sp³-hybridized carbons (Fsp3) is 1.00. The summed E-state index contributed by atoms with van der Waals surface area (Å²) in [7, 11) is -3.00. The van der Waals surface area contributed by atoms with Crippen LogP contribution in [-0.2, 0) is 9.84 Å². The van der Waals surface area contributed by atoms with Gasteiger partial charge in [-0.1, -0.05) is 0 Å². The summed E-state index contributed by atoms with van der Waals surface area (Å²) < 4.78 is 21.6. The lowest BCUT2D eigenvalue weighted by molar-refractivity contribution is 0.0770. The van der Waals surface area contributed by atoms with E-state index in [1.54, 1.807) is 0 Å². The topological polar surface area (TPSA) is 80.4 Å². The second-order valence-electron chi connectivity index (χ2n) is 2.77. The number of hydrogen-bond acceptors (Lipinski definition) is 4. The second-order valence-corrected chi connectivity index (χ2v) is 4.95. The lowest BCUT2D eigenvalue weighted by Crippen LogP contribution is -2.38. The lowest BCUT2D eigenvalue weighted by Gasteiger charge is -2.16. The van der Waals surface area contributed by atoms with Crippen molar-refractivity contribution >= 4 is 9.84 Å². The Hall–Kier alpha value is -0.130. The van der Waals surface area contributed by atoms with Gasteiger partial charge in [-0.3, -0.25) is 0 Å². The van der Waals surface area contributed by atoms with Crippen molar-refractivity contribution in [3.63, 3.8) is 0 Å². The molecular formula is C5H11NO3S. The van der Waals surface area contributed by atoms with Crippen molar-refractivity contribution < 1.29 is 13.5 Å². The van der Waals surface area contributed by atoms with Crippen LogP contribution in [-0.4, -0.2) is 37.2 Å². The van der Waals surface area contributed by atoms with E-state index in [1.807, 2.05) is 0 Å². The highest BCUT2D eigenvalue weighted by Crippen LogP contribution is 2.21. The standard InChI is InChI=1S/C5H11NO3S/c6-3-5(7)1-2-10(8,9)4-5/h7H,1-4,6H2/t5-/m1/s1. The molecule has 60 valence electrons. The Balaban J connectivity index is 2.76. The monoisotopic (exact) mass is 165 g/mol. The fourth-order valence-corrected chi connectivity index (χ4v) is 2.98. The molecule has 1 heterocycles. The molecule has 0 bridgehead atoms. The van der Waals surface area contributed by atoms with Crippen molar-refractivity contribution in [2.45, 2.75) is 12.0 Å². The van der Waals surface area contributed by atoms with E-state index in [1.165, 1.54) is 0 Å². The molecule has 1 saturated heterocycles. The van der Waals surface area contributed by atoms with Crippen molar-refractivity contribution in [3.8, 4) is 0 Å². The molecule has 0 amide bonds. The third-order valence-electron chi connectivity index (χ3n) is 1.75. The van der Waals surface area contributed by atoms with E-state index in [9.17, 15) is 13.5 Å². The van der Waals surface area contributed by atoms with Gasteiger partial charge in [-0.2, -0.15) is 0 Å². The third kappa shape index (κ3) is 1.47. The molecule has 1 atom stereocenters. The summed E-state index contributed by atoms with van der Waals surface area (Å²) in [6.07, 6.45) is 0.284. The van der Waals surface area contributed by atoms with Gasteiger partial charge in [-0.25, -0.2) is 8.42 Å². The molecule has 1 aliphatic rings. The first kappa shape index (κ1) is 7.97. The Bertz CT molecular complexity index is 223. The van der Waals surface area contributed by atoms with E-state index in [0.29, 0.717) is 0 Å². The highest BCUT2D eigenvalue weighted by atomic mass is 32.2. The molecule has 10 heavy (non-hydrogen) atoms. The Morgan fingerprint density at radius 1 is 1.60 bits per heavy atom. The third-order valence-corrected chi connectivity index (χ3v) is 3.55. The zero-order valence-corrected chi connectivity index (χ0v) is 6.39. The zero-order valence-electron chi connectivity index (χ0n) is 5.58. The van der Waals surface area contributed by atoms with Crippen LogP contribution in [0.1, 0.15) is 6.42 Å². The van der Waals surface area contributed by atoms with Crippen LogP contribution >= 0.6 is 0 Å². The van der Waals surface area contributed by atoms with Gasteiger partial charge in [-0.15, -0.1) is 0 Å². The number of aliphatic hydroxyl groups is 1. The number of sulfone groups is 1. The molecule has 0 unspecified atom stereocenters. The summed E-state index contributed by atoms with van der Waals surface area (Å²) in [4.78, 5) is 0. The molecule has 1 aliphatic heterocycles. The molecule has 0 saturated carbocycles. The largest absolute Gasteiger partial charge is 0.387 e. The molecule has 1 fully saturated rings. The maximum Gasteiger partial charge on any atom is 0.153 e. The molecule has 4 nitrogen and oxygen atoms in total. The predicted molar refractivity (Wildman–Crippen MR) is 37.3 cm³/mol. The van der Waals surface area contributed by atoms with Crippen molar-refractivity contribution in [1.29, 1.82) is 0 Å². The van der Waals surface area contributed by atoms with Crippen LogP contribution in [0.15, 0.2) is 0 Å². The van der Waals surface area contributed by atoms with E-state index in [0.717, 1.165) is 0 Å². The first-order valence-corrected chi connectivity index (χ1v) is 4.92. The molecule has 0 radical (unpaired) electrons. The molecule has 0 aromatic heterocycles. The lowest BCUT2D eigenvalue weighted by atomic mass is 10.1. The number of rotatable bonds is 1. The Kier molecular flexibility index (Phi) is 1.74. The highest BCUT2D eigenvalue weighted by Gasteiger charge is 2.39. The summed E-state index contributed by atoms with van der Waals surface area (Å²) >= 11 is 0. The Morgan fingerprint density at radius 2 is 2.20 bits per heavy atom. The van der Waals surface area contributed by atoms with Crippen LogP contribution in [0.4, 0.5) is 0 Å². The quantitative estimate of drug-likeness (QED) is 0.495. The minimum atomic E-state index is -3.00. The zero-order chi connectivity index (χ0) is 7.83. The van der Waals surface area contributed by atoms with E-state index in [2.05, 4.69) is 0 Å². The molecular weight excluding hydrogens is 154 g/mol. The molecule has 0 spiro atoms. The van der Waals surface area contributed by atoms with Gasteiger partial charge in [0.15, 0.2) is 9.84 Å². The summed E-state index contributed by atoms with van der Waals surface area (Å²) in [6.45, 7) is 0.0340. The van der Waals surface area contributed by atoms with Gasteiger partial charge in [0, 0.05) is 6.54 Å². The molecule has 0 aromatic carbocycles. The van der Waals surface area contributed by atoms with Gasteiger partial charge < -0.3 is 10.8 Å². The fourth-order valence-electron chi connectivity index (χ4n) is 1.06. The average Bonchev–Trinajstić information content (AvgIpc) is 2.08. The molecule has 3 N–H and O–H groups in total. The van der Waals surface area contributed by atoms with Crippen molar-refractivity contribution in [3.05, 3.63) is 0 Å². The van der Waals surface area contributed by atoms with Crippen molar-refractivity contribution in [1.82, 2.24) is 0 Å². The summed E-state index contributed by atoms with van der Waals surface area (Å²) in [5.74, 6) is -0.100. The second kappa shape index (κ2) is 2.18. The highest BCUT2D eigenvalue weighted by molar-refractivity contribution is 7.91. The minimum Gasteiger partial charge on any atom is -0.387 e. The SMILES string of the molecule is NC[C@]1(O)CCS(=O)(=O)C1. The van der Waals surface area contributed by atoms with Gasteiger partial charge in [-0.05, 0) is 6.42 Å². The van der Waals surface area contributed by atoms with Crippen molar-refractivity contribution in [2.75, 3.05) is 18.1 Å². The van der Waals surface area contributed by atoms with Crippen LogP contribution in [0.25, 0.3) is 0 Å². The predicted octanol–water partition coefficient (Wildman–Crippen LogP) is -1.51.